The van der Waals surface area contributed by atoms with Gasteiger partial charge in [-0.25, -0.2) is 0 Å². The molecule has 0 aromatic heterocycles. The number of hydrogen-bond donors (Lipinski definition) is 0. The Morgan fingerprint density at radius 2 is 0.688 bits per heavy atom. The molecule has 0 fully saturated rings. The van der Waals surface area contributed by atoms with Crippen molar-refractivity contribution in [3.8, 4) is 0 Å². The molecular weight excluding hydrogens is 444 g/mol. The van der Waals surface area contributed by atoms with Crippen LogP contribution in [0.15, 0.2) is 91.0 Å². The van der Waals surface area contributed by atoms with Crippen LogP contribution in [0.1, 0.15) is 58.2 Å². The van der Waals surface area contributed by atoms with Crippen molar-refractivity contribution < 1.29 is 15.5 Å². The minimum atomic E-state index is -2.89. The molecule has 0 spiro atoms. The number of rotatable bonds is 9. The summed E-state index contributed by atoms with van der Waals surface area (Å²) in [5.41, 5.74) is 4.36. The molecule has 0 saturated heterocycles. The Hall–Kier alpha value is -1.34. The van der Waals surface area contributed by atoms with Crippen LogP contribution in [0.4, 0.5) is 0 Å². The summed E-state index contributed by atoms with van der Waals surface area (Å²) in [6, 6.07) is 32.8. The van der Waals surface area contributed by atoms with Crippen LogP contribution in [0.3, 0.4) is 0 Å². The van der Waals surface area contributed by atoms with Crippen LogP contribution in [-0.2, 0) is 31.8 Å². The molecule has 3 aromatic rings. The summed E-state index contributed by atoms with van der Waals surface area (Å²) in [4.78, 5) is 0. The third-order valence-electron chi connectivity index (χ3n) is 6.94. The zero-order valence-electron chi connectivity index (χ0n) is 20.7. The maximum atomic E-state index is 7.93. The molecule has 0 amide bonds. The Kier molecular flexibility index (Phi) is 7.81. The predicted octanol–water partition coefficient (Wildman–Crippen LogP) is 9.48. The molecule has 0 radical (unpaired) electrons. The Morgan fingerprint density at radius 3 is 0.906 bits per heavy atom. The van der Waals surface area contributed by atoms with E-state index in [0.717, 1.165) is 14.2 Å². The average molecular weight is 483 g/mol. The summed E-state index contributed by atoms with van der Waals surface area (Å²) < 4.78 is 3.31. The molecule has 170 valence electrons. The molecule has 3 aromatic carbocycles. The van der Waals surface area contributed by atoms with Gasteiger partial charge in [-0.3, -0.25) is 0 Å². The van der Waals surface area contributed by atoms with E-state index < -0.39 is 15.5 Å². The number of benzene rings is 3. The topological polar surface area (TPSA) is 0 Å². The van der Waals surface area contributed by atoms with Gasteiger partial charge >= 0.3 is 204 Å². The van der Waals surface area contributed by atoms with Gasteiger partial charge in [-0.2, -0.15) is 0 Å². The van der Waals surface area contributed by atoms with E-state index in [2.05, 4.69) is 133 Å². The Labute approximate surface area is 203 Å². The standard InChI is InChI=1S/3C10H13.ClH.Ti/c3*1-10(2,3)9-7-5-4-6-8-9;;/h3*4-8H,1H2,2-3H3;1H;/q;;;;+1/p-1. The second-order valence-electron chi connectivity index (χ2n) is 11.4. The van der Waals surface area contributed by atoms with Gasteiger partial charge in [0.15, 0.2) is 0 Å². The molecule has 0 aliphatic carbocycles. The van der Waals surface area contributed by atoms with Crippen molar-refractivity contribution in [3.05, 3.63) is 108 Å². The van der Waals surface area contributed by atoms with E-state index in [1.807, 2.05) is 0 Å². The SMILES string of the molecule is CC(C)([CH2][Ti]([Cl])([CH2]C(C)(C)c1ccccc1)[CH2]C(C)(C)c1ccccc1)c1ccccc1. The normalized spacial score (nSPS) is 13.2. The summed E-state index contributed by atoms with van der Waals surface area (Å²) in [5.74, 6) is 0. The molecule has 0 unspecified atom stereocenters. The zero-order chi connectivity index (χ0) is 23.5. The number of hydrogen-bond acceptors (Lipinski definition) is 0. The van der Waals surface area contributed by atoms with Crippen molar-refractivity contribution in [1.29, 1.82) is 0 Å². The molecule has 0 saturated carbocycles. The van der Waals surface area contributed by atoms with Gasteiger partial charge in [-0.05, 0) is 0 Å². The van der Waals surface area contributed by atoms with E-state index in [1.165, 1.54) is 16.7 Å². The fourth-order valence-corrected chi connectivity index (χ4v) is 18.6. The Morgan fingerprint density at radius 1 is 0.469 bits per heavy atom. The molecule has 0 aliphatic rings. The second kappa shape index (κ2) is 9.88. The molecule has 0 bridgehead atoms. The molecule has 0 aliphatic heterocycles. The molecular formula is C30H39ClTi. The molecule has 0 nitrogen and oxygen atoms in total. The van der Waals surface area contributed by atoms with Crippen LogP contribution in [0.2, 0.25) is 14.2 Å². The van der Waals surface area contributed by atoms with Gasteiger partial charge in [0.2, 0.25) is 0 Å². The van der Waals surface area contributed by atoms with E-state index in [1.54, 1.807) is 0 Å². The molecule has 0 N–H and O–H groups in total. The van der Waals surface area contributed by atoms with Crippen molar-refractivity contribution in [1.82, 2.24) is 0 Å². The van der Waals surface area contributed by atoms with Crippen LogP contribution in [0.25, 0.3) is 0 Å². The molecule has 3 rings (SSSR count). The van der Waals surface area contributed by atoms with Crippen LogP contribution in [-0.4, -0.2) is 0 Å². The first-order valence-electron chi connectivity index (χ1n) is 11.8. The second-order valence-corrected chi connectivity index (χ2v) is 20.0. The fourth-order valence-electron chi connectivity index (χ4n) is 5.54. The summed E-state index contributed by atoms with van der Waals surface area (Å²) in [6.45, 7) is 14.3. The summed E-state index contributed by atoms with van der Waals surface area (Å²) in [7, 11) is 7.93. The van der Waals surface area contributed by atoms with Gasteiger partial charge in [-0.1, -0.05) is 0 Å². The van der Waals surface area contributed by atoms with Gasteiger partial charge in [0.25, 0.3) is 0 Å². The Bertz CT molecular complexity index is 845. The van der Waals surface area contributed by atoms with E-state index in [9.17, 15) is 0 Å². The summed E-state index contributed by atoms with van der Waals surface area (Å²) >= 11 is -2.89. The fraction of sp³-hybridized carbons (Fsp3) is 0.400. The first-order valence-corrected chi connectivity index (χ1v) is 17.3. The minimum absolute atomic E-state index is 0.0581. The quantitative estimate of drug-likeness (QED) is 0.266. The molecule has 32 heavy (non-hydrogen) atoms. The van der Waals surface area contributed by atoms with Gasteiger partial charge in [0.05, 0.1) is 0 Å². The Balaban J connectivity index is 1.98. The van der Waals surface area contributed by atoms with Crippen molar-refractivity contribution in [3.63, 3.8) is 0 Å². The first-order chi connectivity index (χ1) is 14.9. The first kappa shape index (κ1) is 25.3. The molecule has 2 heteroatoms. The molecule has 0 atom stereocenters. The monoisotopic (exact) mass is 482 g/mol. The predicted molar refractivity (Wildman–Crippen MR) is 139 cm³/mol. The van der Waals surface area contributed by atoms with E-state index in [4.69, 9.17) is 9.30 Å². The van der Waals surface area contributed by atoms with Crippen LogP contribution in [0, 0.1) is 0 Å². The van der Waals surface area contributed by atoms with Crippen molar-refractivity contribution in [2.75, 3.05) is 0 Å². The van der Waals surface area contributed by atoms with Crippen LogP contribution < -0.4 is 0 Å². The maximum absolute atomic E-state index is 7.93. The van der Waals surface area contributed by atoms with Crippen LogP contribution in [0.5, 0.6) is 0 Å². The van der Waals surface area contributed by atoms with E-state index in [-0.39, 0.29) is 16.2 Å². The van der Waals surface area contributed by atoms with Gasteiger partial charge in [0.1, 0.15) is 0 Å². The third kappa shape index (κ3) is 6.37. The van der Waals surface area contributed by atoms with Crippen molar-refractivity contribution >= 4 is 9.30 Å². The van der Waals surface area contributed by atoms with Crippen molar-refractivity contribution in [2.24, 2.45) is 0 Å². The van der Waals surface area contributed by atoms with E-state index in [0.29, 0.717) is 0 Å². The average Bonchev–Trinajstić information content (AvgIpc) is 2.74. The summed E-state index contributed by atoms with van der Waals surface area (Å²) in [5, 5.41) is 0. The van der Waals surface area contributed by atoms with Gasteiger partial charge in [0, 0.05) is 0 Å². The van der Waals surface area contributed by atoms with Crippen molar-refractivity contribution in [2.45, 2.75) is 72.0 Å². The molecule has 0 heterocycles. The third-order valence-corrected chi connectivity index (χ3v) is 15.7. The van der Waals surface area contributed by atoms with Gasteiger partial charge < -0.3 is 0 Å². The van der Waals surface area contributed by atoms with Crippen LogP contribution >= 0.6 is 9.30 Å². The summed E-state index contributed by atoms with van der Waals surface area (Å²) in [6.07, 6.45) is 0. The zero-order valence-corrected chi connectivity index (χ0v) is 23.0. The number of halogens is 1. The van der Waals surface area contributed by atoms with E-state index >= 15 is 0 Å². The van der Waals surface area contributed by atoms with Gasteiger partial charge in [-0.15, -0.1) is 0 Å².